The lowest BCUT2D eigenvalue weighted by atomic mass is 9.91. The number of hydrogen-bond acceptors (Lipinski definition) is 5. The van der Waals surface area contributed by atoms with Crippen LogP contribution in [-0.4, -0.2) is 62.2 Å². The number of anilines is 1. The Morgan fingerprint density at radius 1 is 1.36 bits per heavy atom. The summed E-state index contributed by atoms with van der Waals surface area (Å²) in [4.78, 5) is 22.9. The number of carbonyl (C=O) groups is 1. The molecule has 172 valence electrons. The fourth-order valence-electron chi connectivity index (χ4n) is 4.48. The van der Waals surface area contributed by atoms with Crippen LogP contribution in [0.15, 0.2) is 24.8 Å². The Kier molecular flexibility index (Phi) is 5.12. The van der Waals surface area contributed by atoms with E-state index in [1.807, 2.05) is 25.9 Å². The van der Waals surface area contributed by atoms with Gasteiger partial charge in [0.2, 0.25) is 5.91 Å². The van der Waals surface area contributed by atoms with Crippen molar-refractivity contribution in [1.82, 2.24) is 29.5 Å². The van der Waals surface area contributed by atoms with E-state index < -0.39 is 12.1 Å². The molecule has 1 aliphatic rings. The van der Waals surface area contributed by atoms with Gasteiger partial charge >= 0.3 is 0 Å². The van der Waals surface area contributed by atoms with Gasteiger partial charge in [0.25, 0.3) is 0 Å². The van der Waals surface area contributed by atoms with E-state index in [1.54, 1.807) is 36.1 Å². The number of H-pyrrole nitrogens is 1. The van der Waals surface area contributed by atoms with E-state index in [1.165, 1.54) is 0 Å². The Hall–Kier alpha value is -3.40. The van der Waals surface area contributed by atoms with Gasteiger partial charge in [-0.05, 0) is 38.9 Å². The monoisotopic (exact) mass is 453 g/mol. The van der Waals surface area contributed by atoms with Crippen molar-refractivity contribution in [3.8, 4) is 11.3 Å². The number of amides is 1. The highest BCUT2D eigenvalue weighted by atomic mass is 19.1. The summed E-state index contributed by atoms with van der Waals surface area (Å²) in [6.07, 6.45) is 5.81. The van der Waals surface area contributed by atoms with Gasteiger partial charge in [0.1, 0.15) is 12.0 Å². The first-order chi connectivity index (χ1) is 15.7. The third-order valence-electron chi connectivity index (χ3n) is 6.15. The summed E-state index contributed by atoms with van der Waals surface area (Å²) in [6.45, 7) is 4.44. The Bertz CT molecular complexity index is 1380. The number of imidazole rings is 1. The van der Waals surface area contributed by atoms with E-state index in [0.717, 1.165) is 5.39 Å². The fourth-order valence-corrected chi connectivity index (χ4v) is 4.48. The topological polar surface area (TPSA) is 91.2 Å². The van der Waals surface area contributed by atoms with Crippen LogP contribution < -0.4 is 5.32 Å². The lowest BCUT2D eigenvalue weighted by molar-refractivity contribution is -0.117. The SMILES string of the molecule is Cc1c(F)c(C(C)CN(C)C)c2[nH]ncc2c1-c1cn2cc(NC(=O)[C@@H]3C[C@@H]3F)nc2cn1. The molecule has 0 bridgehead atoms. The molecule has 4 aromatic rings. The second-order valence-electron chi connectivity index (χ2n) is 9.06. The van der Waals surface area contributed by atoms with Gasteiger partial charge in [-0.2, -0.15) is 5.10 Å². The summed E-state index contributed by atoms with van der Waals surface area (Å²) in [5.41, 5.74) is 3.48. The summed E-state index contributed by atoms with van der Waals surface area (Å²) in [7, 11) is 3.92. The number of rotatable bonds is 6. The summed E-state index contributed by atoms with van der Waals surface area (Å²) in [5.74, 6) is -0.971. The normalized spacial score (nSPS) is 18.9. The minimum atomic E-state index is -1.08. The quantitative estimate of drug-likeness (QED) is 0.465. The van der Waals surface area contributed by atoms with E-state index in [9.17, 15) is 9.18 Å². The van der Waals surface area contributed by atoms with Crippen molar-refractivity contribution in [3.63, 3.8) is 0 Å². The first-order valence-electron chi connectivity index (χ1n) is 10.8. The van der Waals surface area contributed by atoms with Crippen LogP contribution in [0, 0.1) is 18.7 Å². The van der Waals surface area contributed by atoms with Crippen molar-refractivity contribution in [2.45, 2.75) is 32.4 Å². The van der Waals surface area contributed by atoms with Crippen LogP contribution in [0.1, 0.15) is 30.4 Å². The van der Waals surface area contributed by atoms with Gasteiger partial charge in [-0.15, -0.1) is 0 Å². The first-order valence-corrected chi connectivity index (χ1v) is 10.8. The Morgan fingerprint density at radius 2 is 2.12 bits per heavy atom. The molecule has 33 heavy (non-hydrogen) atoms. The number of fused-ring (bicyclic) bond motifs is 2. The third-order valence-corrected chi connectivity index (χ3v) is 6.15. The molecule has 1 unspecified atom stereocenters. The highest BCUT2D eigenvalue weighted by molar-refractivity contribution is 5.97. The zero-order chi connectivity index (χ0) is 23.4. The average molecular weight is 453 g/mol. The number of nitrogens with one attached hydrogen (secondary N) is 2. The number of likely N-dealkylation sites (N-methyl/N-ethyl adjacent to an activating group) is 1. The smallest absolute Gasteiger partial charge is 0.231 e. The second kappa shape index (κ2) is 7.87. The molecule has 0 saturated heterocycles. The molecular weight excluding hydrogens is 428 g/mol. The highest BCUT2D eigenvalue weighted by Gasteiger charge is 2.43. The van der Waals surface area contributed by atoms with Gasteiger partial charge in [-0.1, -0.05) is 6.92 Å². The van der Waals surface area contributed by atoms with Crippen molar-refractivity contribution in [2.75, 3.05) is 26.0 Å². The number of hydrogen-bond donors (Lipinski definition) is 2. The van der Waals surface area contributed by atoms with Crippen LogP contribution >= 0.6 is 0 Å². The molecule has 1 amide bonds. The number of nitrogens with zero attached hydrogens (tertiary/aromatic N) is 5. The zero-order valence-corrected chi connectivity index (χ0v) is 18.9. The maximum atomic E-state index is 15.6. The molecule has 2 N–H and O–H groups in total. The molecule has 1 fully saturated rings. The molecule has 3 heterocycles. The number of carbonyl (C=O) groups excluding carboxylic acids is 1. The summed E-state index contributed by atoms with van der Waals surface area (Å²) in [6, 6.07) is 0. The second-order valence-corrected chi connectivity index (χ2v) is 9.06. The molecule has 0 spiro atoms. The van der Waals surface area contributed by atoms with Crippen LogP contribution in [0.4, 0.5) is 14.6 Å². The first kappa shape index (κ1) is 21.4. The van der Waals surface area contributed by atoms with Gasteiger partial charge in [0, 0.05) is 29.3 Å². The molecule has 5 rings (SSSR count). The van der Waals surface area contributed by atoms with Crippen molar-refractivity contribution < 1.29 is 13.6 Å². The molecule has 1 aromatic carbocycles. The average Bonchev–Trinajstić information content (AvgIpc) is 3.12. The van der Waals surface area contributed by atoms with E-state index in [-0.39, 0.29) is 24.1 Å². The molecule has 1 aliphatic carbocycles. The third kappa shape index (κ3) is 3.74. The lowest BCUT2D eigenvalue weighted by Gasteiger charge is -2.21. The van der Waals surface area contributed by atoms with Gasteiger partial charge in [-0.3, -0.25) is 14.9 Å². The summed E-state index contributed by atoms with van der Waals surface area (Å²) in [5, 5.41) is 10.6. The standard InChI is InChI=1S/C23H25F2N7O/c1-11(8-31(3)4)19-21(25)12(2)20(14-6-27-30-22(14)19)16-9-32-10-17(28-18(32)7-26-16)29-23(33)13-5-15(13)24/h6-7,9-11,13,15H,5,8H2,1-4H3,(H,27,30)(H,29,33)/t11?,13-,15+/m1/s1. The van der Waals surface area contributed by atoms with E-state index in [2.05, 4.69) is 25.5 Å². The predicted octanol–water partition coefficient (Wildman–Crippen LogP) is 3.68. The summed E-state index contributed by atoms with van der Waals surface area (Å²) < 4.78 is 30.5. The van der Waals surface area contributed by atoms with Crippen LogP contribution in [0.2, 0.25) is 0 Å². The molecule has 0 aliphatic heterocycles. The van der Waals surface area contributed by atoms with Crippen molar-refractivity contribution >= 4 is 28.3 Å². The molecular formula is C23H25F2N7O. The molecule has 10 heteroatoms. The molecule has 1 saturated carbocycles. The van der Waals surface area contributed by atoms with Crippen LogP contribution in [0.5, 0.6) is 0 Å². The van der Waals surface area contributed by atoms with Crippen LogP contribution in [0.25, 0.3) is 27.8 Å². The number of aromatic amines is 1. The van der Waals surface area contributed by atoms with Gasteiger partial charge in [0.15, 0.2) is 11.5 Å². The highest BCUT2D eigenvalue weighted by Crippen LogP contribution is 2.38. The van der Waals surface area contributed by atoms with Crippen molar-refractivity contribution in [2.24, 2.45) is 5.92 Å². The number of benzene rings is 1. The Labute approximate surface area is 189 Å². The maximum absolute atomic E-state index is 15.6. The summed E-state index contributed by atoms with van der Waals surface area (Å²) >= 11 is 0. The largest absolute Gasteiger partial charge is 0.309 e. The minimum absolute atomic E-state index is 0.0404. The van der Waals surface area contributed by atoms with Crippen LogP contribution in [0.3, 0.4) is 0 Å². The fraction of sp³-hybridized carbons (Fsp3) is 0.391. The van der Waals surface area contributed by atoms with E-state index in [4.69, 9.17) is 0 Å². The Morgan fingerprint density at radius 3 is 2.82 bits per heavy atom. The molecule has 8 nitrogen and oxygen atoms in total. The van der Waals surface area contributed by atoms with Gasteiger partial charge in [-0.25, -0.2) is 13.8 Å². The lowest BCUT2D eigenvalue weighted by Crippen LogP contribution is -2.20. The molecule has 3 aromatic heterocycles. The predicted molar refractivity (Wildman–Crippen MR) is 121 cm³/mol. The van der Waals surface area contributed by atoms with Crippen LogP contribution in [-0.2, 0) is 4.79 Å². The zero-order valence-electron chi connectivity index (χ0n) is 18.9. The maximum Gasteiger partial charge on any atom is 0.231 e. The Balaban J connectivity index is 1.56. The number of halogens is 2. The molecule has 0 radical (unpaired) electrons. The van der Waals surface area contributed by atoms with Crippen molar-refractivity contribution in [3.05, 3.63) is 41.7 Å². The molecule has 3 atom stereocenters. The minimum Gasteiger partial charge on any atom is -0.309 e. The van der Waals surface area contributed by atoms with Crippen molar-refractivity contribution in [1.29, 1.82) is 0 Å². The number of aromatic nitrogens is 5. The van der Waals surface area contributed by atoms with E-state index >= 15 is 4.39 Å². The number of alkyl halides is 1. The van der Waals surface area contributed by atoms with E-state index in [0.29, 0.717) is 45.9 Å². The van der Waals surface area contributed by atoms with Gasteiger partial charge < -0.3 is 14.6 Å². The van der Waals surface area contributed by atoms with Gasteiger partial charge in [0.05, 0.1) is 35.7 Å².